The van der Waals surface area contributed by atoms with Gasteiger partial charge in [0.2, 0.25) is 5.91 Å². The van der Waals surface area contributed by atoms with Crippen molar-refractivity contribution >= 4 is 5.91 Å². The van der Waals surface area contributed by atoms with Gasteiger partial charge in [-0.1, -0.05) is 25.7 Å². The zero-order valence-electron chi connectivity index (χ0n) is 13.8. The van der Waals surface area contributed by atoms with Crippen molar-refractivity contribution in [2.75, 3.05) is 19.7 Å². The van der Waals surface area contributed by atoms with Crippen LogP contribution in [-0.2, 0) is 4.79 Å². The third-order valence-electron chi connectivity index (χ3n) is 5.11. The Morgan fingerprint density at radius 1 is 1.14 bits per heavy atom. The molecule has 2 fully saturated rings. The van der Waals surface area contributed by atoms with Crippen molar-refractivity contribution in [3.05, 3.63) is 0 Å². The summed E-state index contributed by atoms with van der Waals surface area (Å²) in [6.07, 6.45) is 9.49. The van der Waals surface area contributed by atoms with Gasteiger partial charge in [0.05, 0.1) is 13.2 Å². The molecule has 0 aromatic rings. The highest BCUT2D eigenvalue weighted by molar-refractivity contribution is 5.79. The van der Waals surface area contributed by atoms with Gasteiger partial charge in [-0.05, 0) is 46.1 Å². The van der Waals surface area contributed by atoms with Crippen LogP contribution in [0.5, 0.6) is 0 Å². The second kappa shape index (κ2) is 8.14. The maximum absolute atomic E-state index is 12.8. The van der Waals surface area contributed by atoms with Gasteiger partial charge in [0.25, 0.3) is 0 Å². The first-order chi connectivity index (χ1) is 10.1. The van der Waals surface area contributed by atoms with E-state index in [1.165, 1.54) is 25.7 Å². The SMILES string of the molecule is CC(C)N(C(=O)CN1CCCCC1CO)C1CCCCC1. The summed E-state index contributed by atoms with van der Waals surface area (Å²) in [7, 11) is 0. The average Bonchev–Trinajstić information content (AvgIpc) is 2.48. The monoisotopic (exact) mass is 296 g/mol. The molecule has 1 amide bonds. The molecular weight excluding hydrogens is 264 g/mol. The van der Waals surface area contributed by atoms with E-state index in [9.17, 15) is 9.90 Å². The van der Waals surface area contributed by atoms with Gasteiger partial charge < -0.3 is 10.0 Å². The smallest absolute Gasteiger partial charge is 0.237 e. The number of rotatable bonds is 5. The van der Waals surface area contributed by atoms with Crippen molar-refractivity contribution in [1.82, 2.24) is 9.80 Å². The number of hydrogen-bond donors (Lipinski definition) is 1. The maximum atomic E-state index is 12.8. The Bertz CT molecular complexity index is 327. The Hall–Kier alpha value is -0.610. The van der Waals surface area contributed by atoms with Crippen molar-refractivity contribution in [1.29, 1.82) is 0 Å². The molecule has 0 aromatic carbocycles. The Morgan fingerprint density at radius 3 is 2.43 bits per heavy atom. The number of nitrogens with zero attached hydrogens (tertiary/aromatic N) is 2. The van der Waals surface area contributed by atoms with E-state index in [1.54, 1.807) is 0 Å². The van der Waals surface area contributed by atoms with Gasteiger partial charge in [0, 0.05) is 18.1 Å². The molecule has 1 unspecified atom stereocenters. The van der Waals surface area contributed by atoms with Gasteiger partial charge in [-0.25, -0.2) is 0 Å². The summed E-state index contributed by atoms with van der Waals surface area (Å²) in [5, 5.41) is 9.50. The second-order valence-corrected chi connectivity index (χ2v) is 6.99. The molecule has 1 heterocycles. The van der Waals surface area contributed by atoms with Crippen LogP contribution in [0.2, 0.25) is 0 Å². The van der Waals surface area contributed by atoms with E-state index in [-0.39, 0.29) is 24.6 Å². The second-order valence-electron chi connectivity index (χ2n) is 6.99. The molecule has 1 atom stereocenters. The number of aliphatic hydroxyl groups excluding tert-OH is 1. The van der Waals surface area contributed by atoms with Crippen LogP contribution < -0.4 is 0 Å². The van der Waals surface area contributed by atoms with Crippen LogP contribution in [0.3, 0.4) is 0 Å². The minimum Gasteiger partial charge on any atom is -0.395 e. The van der Waals surface area contributed by atoms with Gasteiger partial charge >= 0.3 is 0 Å². The Morgan fingerprint density at radius 2 is 1.81 bits per heavy atom. The highest BCUT2D eigenvalue weighted by Gasteiger charge is 2.30. The molecule has 2 rings (SSSR count). The summed E-state index contributed by atoms with van der Waals surface area (Å²) in [6.45, 7) is 5.88. The van der Waals surface area contributed by atoms with E-state index in [1.807, 2.05) is 0 Å². The molecule has 0 radical (unpaired) electrons. The lowest BCUT2D eigenvalue weighted by molar-refractivity contribution is -0.138. The number of likely N-dealkylation sites (tertiary alicyclic amines) is 1. The molecule has 0 bridgehead atoms. The van der Waals surface area contributed by atoms with E-state index >= 15 is 0 Å². The standard InChI is InChI=1S/C17H32N2O2/c1-14(2)19(15-8-4-3-5-9-15)17(21)12-18-11-7-6-10-16(18)13-20/h14-16,20H,3-13H2,1-2H3. The Labute approximate surface area is 129 Å². The zero-order valence-corrected chi connectivity index (χ0v) is 13.8. The highest BCUT2D eigenvalue weighted by Crippen LogP contribution is 2.25. The maximum Gasteiger partial charge on any atom is 0.237 e. The predicted molar refractivity (Wildman–Crippen MR) is 85.2 cm³/mol. The van der Waals surface area contributed by atoms with Crippen LogP contribution in [0.25, 0.3) is 0 Å². The van der Waals surface area contributed by atoms with Crippen LogP contribution in [0.1, 0.15) is 65.2 Å². The molecule has 1 aliphatic heterocycles. The summed E-state index contributed by atoms with van der Waals surface area (Å²) in [4.78, 5) is 17.1. The number of hydrogen-bond acceptors (Lipinski definition) is 3. The highest BCUT2D eigenvalue weighted by atomic mass is 16.3. The average molecular weight is 296 g/mol. The van der Waals surface area contributed by atoms with Crippen molar-refractivity contribution in [2.24, 2.45) is 0 Å². The summed E-state index contributed by atoms with van der Waals surface area (Å²) in [5.41, 5.74) is 0. The van der Waals surface area contributed by atoms with Crippen LogP contribution >= 0.6 is 0 Å². The van der Waals surface area contributed by atoms with Crippen molar-refractivity contribution in [3.8, 4) is 0 Å². The Balaban J connectivity index is 1.97. The third-order valence-corrected chi connectivity index (χ3v) is 5.11. The number of aliphatic hydroxyl groups is 1. The first kappa shape index (κ1) is 16.8. The number of piperidine rings is 1. The fraction of sp³-hybridized carbons (Fsp3) is 0.941. The van der Waals surface area contributed by atoms with Crippen LogP contribution in [0.15, 0.2) is 0 Å². The molecule has 122 valence electrons. The van der Waals surface area contributed by atoms with Gasteiger partial charge in [-0.2, -0.15) is 0 Å². The molecule has 4 heteroatoms. The minimum absolute atomic E-state index is 0.179. The summed E-state index contributed by atoms with van der Waals surface area (Å²) >= 11 is 0. The lowest BCUT2D eigenvalue weighted by atomic mass is 9.93. The van der Waals surface area contributed by atoms with E-state index in [2.05, 4.69) is 23.6 Å². The largest absolute Gasteiger partial charge is 0.395 e. The summed E-state index contributed by atoms with van der Waals surface area (Å²) < 4.78 is 0. The fourth-order valence-electron chi connectivity index (χ4n) is 4.00. The molecule has 1 saturated carbocycles. The molecular formula is C17H32N2O2. The van der Waals surface area contributed by atoms with Crippen LogP contribution in [0, 0.1) is 0 Å². The van der Waals surface area contributed by atoms with E-state index in [4.69, 9.17) is 0 Å². The van der Waals surface area contributed by atoms with Crippen LogP contribution in [-0.4, -0.2) is 58.6 Å². The van der Waals surface area contributed by atoms with E-state index in [0.29, 0.717) is 12.6 Å². The molecule has 1 saturated heterocycles. The number of amides is 1. The van der Waals surface area contributed by atoms with E-state index in [0.717, 1.165) is 32.2 Å². The van der Waals surface area contributed by atoms with Gasteiger partial charge in [0.15, 0.2) is 0 Å². The molecule has 1 aliphatic carbocycles. The molecule has 0 aromatic heterocycles. The fourth-order valence-corrected chi connectivity index (χ4v) is 4.00. The summed E-state index contributed by atoms with van der Waals surface area (Å²) in [5.74, 6) is 0.261. The summed E-state index contributed by atoms with van der Waals surface area (Å²) in [6, 6.07) is 0.893. The lowest BCUT2D eigenvalue weighted by Crippen LogP contribution is -2.52. The molecule has 21 heavy (non-hydrogen) atoms. The lowest BCUT2D eigenvalue weighted by Gasteiger charge is -2.40. The van der Waals surface area contributed by atoms with E-state index < -0.39 is 0 Å². The first-order valence-corrected chi connectivity index (χ1v) is 8.79. The minimum atomic E-state index is 0.179. The topological polar surface area (TPSA) is 43.8 Å². The van der Waals surface area contributed by atoms with Gasteiger partial charge in [-0.15, -0.1) is 0 Å². The molecule has 2 aliphatic rings. The van der Waals surface area contributed by atoms with Crippen molar-refractivity contribution in [2.45, 2.75) is 83.3 Å². The van der Waals surface area contributed by atoms with Crippen LogP contribution in [0.4, 0.5) is 0 Å². The molecule has 4 nitrogen and oxygen atoms in total. The van der Waals surface area contributed by atoms with Crippen molar-refractivity contribution < 1.29 is 9.90 Å². The molecule has 0 spiro atoms. The van der Waals surface area contributed by atoms with Gasteiger partial charge in [-0.3, -0.25) is 9.69 Å². The Kier molecular flexibility index (Phi) is 6.49. The first-order valence-electron chi connectivity index (χ1n) is 8.79. The van der Waals surface area contributed by atoms with Crippen molar-refractivity contribution in [3.63, 3.8) is 0 Å². The normalized spacial score (nSPS) is 25.2. The number of carbonyl (C=O) groups is 1. The zero-order chi connectivity index (χ0) is 15.2. The predicted octanol–water partition coefficient (Wildman–Crippen LogP) is 2.40. The molecule has 1 N–H and O–H groups in total. The van der Waals surface area contributed by atoms with Gasteiger partial charge in [0.1, 0.15) is 0 Å². The third kappa shape index (κ3) is 4.43. The number of carbonyl (C=O) groups excluding carboxylic acids is 1. The quantitative estimate of drug-likeness (QED) is 0.847.